The minimum atomic E-state index is -0.884. The molecular formula is C21H18F2N4O3. The zero-order valence-electron chi connectivity index (χ0n) is 16.0. The smallest absolute Gasteiger partial charge is 0.337 e. The van der Waals surface area contributed by atoms with Gasteiger partial charge in [0.2, 0.25) is 0 Å². The third-order valence-electron chi connectivity index (χ3n) is 5.00. The number of methoxy groups -OCH3 is 1. The summed E-state index contributed by atoms with van der Waals surface area (Å²) < 4.78 is 33.1. The number of carbonyl (C=O) groups is 2. The van der Waals surface area contributed by atoms with E-state index in [0.29, 0.717) is 23.4 Å². The van der Waals surface area contributed by atoms with Gasteiger partial charge in [-0.15, -0.1) is 0 Å². The lowest BCUT2D eigenvalue weighted by molar-refractivity contribution is 0.0600. The Morgan fingerprint density at radius 3 is 2.70 bits per heavy atom. The summed E-state index contributed by atoms with van der Waals surface area (Å²) in [7, 11) is 1.28. The van der Waals surface area contributed by atoms with E-state index in [-0.39, 0.29) is 12.1 Å². The second kappa shape index (κ2) is 7.94. The summed E-state index contributed by atoms with van der Waals surface area (Å²) in [4.78, 5) is 33.2. The second-order valence-corrected chi connectivity index (χ2v) is 6.78. The number of nitrogens with zero attached hydrogens (tertiary/aromatic N) is 2. The van der Waals surface area contributed by atoms with Gasteiger partial charge < -0.3 is 19.9 Å². The summed E-state index contributed by atoms with van der Waals surface area (Å²) in [5.41, 5.74) is 2.06. The summed E-state index contributed by atoms with van der Waals surface area (Å²) in [6, 6.07) is 7.93. The first-order valence-corrected chi connectivity index (χ1v) is 9.21. The first kappa shape index (κ1) is 19.6. The van der Waals surface area contributed by atoms with Crippen molar-refractivity contribution in [2.24, 2.45) is 0 Å². The normalized spacial score (nSPS) is 15.4. The highest BCUT2D eigenvalue weighted by Crippen LogP contribution is 2.35. The molecule has 1 aliphatic heterocycles. The molecule has 0 bridgehead atoms. The molecule has 2 aromatic carbocycles. The molecule has 30 heavy (non-hydrogen) atoms. The number of benzene rings is 2. The monoisotopic (exact) mass is 412 g/mol. The average molecular weight is 412 g/mol. The lowest BCUT2D eigenvalue weighted by atomic mass is 9.95. The van der Waals surface area contributed by atoms with Crippen molar-refractivity contribution in [3.05, 3.63) is 82.9 Å². The maximum Gasteiger partial charge on any atom is 0.337 e. The van der Waals surface area contributed by atoms with Crippen LogP contribution in [0.5, 0.6) is 0 Å². The van der Waals surface area contributed by atoms with Gasteiger partial charge in [0.05, 0.1) is 24.7 Å². The molecule has 0 spiro atoms. The lowest BCUT2D eigenvalue weighted by Gasteiger charge is -2.35. The third kappa shape index (κ3) is 3.61. The summed E-state index contributed by atoms with van der Waals surface area (Å²) in [6.07, 6.45) is 1.97. The SMILES string of the molecule is COC(=O)c1ccc(NC(=O)N2CCc3[nH]cnc3[C@H]2c2cc(F)ccc2F)cc1. The molecule has 2 heterocycles. The van der Waals surface area contributed by atoms with E-state index >= 15 is 0 Å². The van der Waals surface area contributed by atoms with E-state index in [4.69, 9.17) is 0 Å². The van der Waals surface area contributed by atoms with E-state index in [1.165, 1.54) is 30.5 Å². The van der Waals surface area contributed by atoms with Crippen molar-refractivity contribution < 1.29 is 23.1 Å². The highest BCUT2D eigenvalue weighted by Gasteiger charge is 2.36. The van der Waals surface area contributed by atoms with Crippen molar-refractivity contribution in [3.63, 3.8) is 0 Å². The molecule has 3 aromatic rings. The molecule has 0 saturated carbocycles. The number of hydrogen-bond acceptors (Lipinski definition) is 4. The fourth-order valence-corrected chi connectivity index (χ4v) is 3.54. The van der Waals surface area contributed by atoms with Crippen molar-refractivity contribution in [1.29, 1.82) is 0 Å². The number of H-pyrrole nitrogens is 1. The van der Waals surface area contributed by atoms with Crippen LogP contribution in [0.1, 0.15) is 33.4 Å². The van der Waals surface area contributed by atoms with Gasteiger partial charge in [-0.1, -0.05) is 0 Å². The van der Waals surface area contributed by atoms with Crippen LogP contribution in [0.4, 0.5) is 19.3 Å². The van der Waals surface area contributed by atoms with Crippen molar-refractivity contribution in [1.82, 2.24) is 14.9 Å². The number of carbonyl (C=O) groups excluding carboxylic acids is 2. The Kier molecular flexibility index (Phi) is 5.18. The number of aromatic nitrogens is 2. The number of aromatic amines is 1. The number of urea groups is 1. The Morgan fingerprint density at radius 2 is 1.97 bits per heavy atom. The summed E-state index contributed by atoms with van der Waals surface area (Å²) in [6.45, 7) is 0.280. The van der Waals surface area contributed by atoms with Gasteiger partial charge in [-0.3, -0.25) is 0 Å². The molecule has 1 aromatic heterocycles. The Labute approximate surface area is 170 Å². The van der Waals surface area contributed by atoms with Gasteiger partial charge in [-0.05, 0) is 42.5 Å². The number of fused-ring (bicyclic) bond motifs is 1. The predicted octanol–water partition coefficient (Wildman–Crippen LogP) is 3.65. The Bertz CT molecular complexity index is 1100. The van der Waals surface area contributed by atoms with Crippen molar-refractivity contribution >= 4 is 17.7 Å². The van der Waals surface area contributed by atoms with E-state index in [9.17, 15) is 18.4 Å². The van der Waals surface area contributed by atoms with Gasteiger partial charge in [0.1, 0.15) is 17.7 Å². The number of halogens is 2. The minimum Gasteiger partial charge on any atom is -0.465 e. The van der Waals surface area contributed by atoms with Gasteiger partial charge in [0, 0.05) is 29.9 Å². The minimum absolute atomic E-state index is 0.0271. The number of rotatable bonds is 3. The quantitative estimate of drug-likeness (QED) is 0.643. The van der Waals surface area contributed by atoms with Crippen LogP contribution >= 0.6 is 0 Å². The standard InChI is InChI=1S/C21H18F2N4O3/c1-30-20(28)12-2-5-14(6-3-12)26-21(29)27-9-8-17-18(25-11-24-17)19(27)15-10-13(22)4-7-16(15)23/h2-7,10-11,19H,8-9H2,1H3,(H,24,25)(H,26,29)/t19-/m1/s1. The van der Waals surface area contributed by atoms with Crippen LogP contribution in [0.25, 0.3) is 0 Å². The van der Waals surface area contributed by atoms with Gasteiger partial charge in [-0.2, -0.15) is 0 Å². The molecule has 0 fully saturated rings. The molecule has 2 N–H and O–H groups in total. The van der Waals surface area contributed by atoms with Crippen LogP contribution in [-0.2, 0) is 11.2 Å². The van der Waals surface area contributed by atoms with Crippen molar-refractivity contribution in [2.75, 3.05) is 19.0 Å². The van der Waals surface area contributed by atoms with Crippen LogP contribution in [0.3, 0.4) is 0 Å². The Hall–Kier alpha value is -3.75. The summed E-state index contributed by atoms with van der Waals surface area (Å²) in [5.74, 6) is -1.72. The van der Waals surface area contributed by atoms with E-state index in [1.54, 1.807) is 12.1 Å². The highest BCUT2D eigenvalue weighted by molar-refractivity contribution is 5.92. The summed E-state index contributed by atoms with van der Waals surface area (Å²) >= 11 is 0. The van der Waals surface area contributed by atoms with E-state index in [1.807, 2.05) is 0 Å². The predicted molar refractivity (Wildman–Crippen MR) is 104 cm³/mol. The number of imidazole rings is 1. The van der Waals surface area contributed by atoms with E-state index < -0.39 is 29.7 Å². The van der Waals surface area contributed by atoms with Crippen molar-refractivity contribution in [2.45, 2.75) is 12.5 Å². The summed E-state index contributed by atoms with van der Waals surface area (Å²) in [5, 5.41) is 2.73. The number of esters is 1. The molecule has 154 valence electrons. The molecule has 2 amide bonds. The Morgan fingerprint density at radius 1 is 1.20 bits per heavy atom. The maximum atomic E-state index is 14.6. The molecule has 1 atom stereocenters. The van der Waals surface area contributed by atoms with Gasteiger partial charge >= 0.3 is 12.0 Å². The molecule has 0 radical (unpaired) electrons. The lowest BCUT2D eigenvalue weighted by Crippen LogP contribution is -2.43. The number of ether oxygens (including phenoxy) is 1. The van der Waals surface area contributed by atoms with E-state index in [0.717, 1.165) is 23.9 Å². The molecule has 0 saturated heterocycles. The van der Waals surface area contributed by atoms with Gasteiger partial charge in [0.15, 0.2) is 0 Å². The number of anilines is 1. The largest absolute Gasteiger partial charge is 0.465 e. The van der Waals surface area contributed by atoms with Crippen LogP contribution in [0, 0.1) is 11.6 Å². The Balaban J connectivity index is 1.64. The fourth-order valence-electron chi connectivity index (χ4n) is 3.54. The number of amides is 2. The van der Waals surface area contributed by atoms with Crippen LogP contribution in [0.15, 0.2) is 48.8 Å². The second-order valence-electron chi connectivity index (χ2n) is 6.78. The maximum absolute atomic E-state index is 14.6. The van der Waals surface area contributed by atoms with Gasteiger partial charge in [0.25, 0.3) is 0 Å². The molecule has 0 aliphatic carbocycles. The highest BCUT2D eigenvalue weighted by atomic mass is 19.1. The first-order chi connectivity index (χ1) is 14.5. The number of nitrogens with one attached hydrogen (secondary N) is 2. The topological polar surface area (TPSA) is 87.3 Å². The zero-order chi connectivity index (χ0) is 21.3. The molecule has 4 rings (SSSR count). The third-order valence-corrected chi connectivity index (χ3v) is 5.00. The van der Waals surface area contributed by atoms with Crippen LogP contribution in [0.2, 0.25) is 0 Å². The average Bonchev–Trinajstić information content (AvgIpc) is 3.23. The van der Waals surface area contributed by atoms with Crippen LogP contribution < -0.4 is 5.32 Å². The zero-order valence-corrected chi connectivity index (χ0v) is 16.0. The molecular weight excluding hydrogens is 394 g/mol. The van der Waals surface area contributed by atoms with E-state index in [2.05, 4.69) is 20.0 Å². The first-order valence-electron chi connectivity index (χ1n) is 9.21. The van der Waals surface area contributed by atoms with Crippen molar-refractivity contribution in [3.8, 4) is 0 Å². The van der Waals surface area contributed by atoms with Crippen LogP contribution in [-0.4, -0.2) is 40.5 Å². The molecule has 9 heteroatoms. The number of hydrogen-bond donors (Lipinski definition) is 2. The van der Waals surface area contributed by atoms with Gasteiger partial charge in [-0.25, -0.2) is 23.4 Å². The molecule has 0 unspecified atom stereocenters. The molecule has 1 aliphatic rings. The fraction of sp³-hybridized carbons (Fsp3) is 0.190. The molecule has 7 nitrogen and oxygen atoms in total.